The van der Waals surface area contributed by atoms with Crippen LogP contribution in [0.15, 0.2) is 54.6 Å². The minimum atomic E-state index is -0.151. The van der Waals surface area contributed by atoms with E-state index in [-0.39, 0.29) is 23.0 Å². The average Bonchev–Trinajstić information content (AvgIpc) is 2.71. The van der Waals surface area contributed by atoms with Gasteiger partial charge in [-0.15, -0.1) is 0 Å². The quantitative estimate of drug-likeness (QED) is 0.496. The fourth-order valence-electron chi connectivity index (χ4n) is 3.81. The number of aromatic hydroxyl groups is 4. The van der Waals surface area contributed by atoms with Gasteiger partial charge in [0.2, 0.25) is 0 Å². The van der Waals surface area contributed by atoms with E-state index in [0.29, 0.717) is 6.42 Å². The third-order valence-electron chi connectivity index (χ3n) is 5.35. The standard InChI is InChI=1S/C24H22O4/c25-21-11-9-17(13-22(21)26)16-7-8-18-14-23(27)24(28)19(20(18)12-16)10-6-15-4-2-1-3-5-15/h1-5,9,11-14,25-28H,6-8,10H2. The van der Waals surface area contributed by atoms with E-state index in [2.05, 4.69) is 0 Å². The molecule has 3 aromatic rings. The summed E-state index contributed by atoms with van der Waals surface area (Å²) < 4.78 is 0. The lowest BCUT2D eigenvalue weighted by Crippen LogP contribution is -2.05. The first kappa shape index (κ1) is 18.0. The lowest BCUT2D eigenvalue weighted by molar-refractivity contribution is 0.398. The molecular formula is C24H22O4. The summed E-state index contributed by atoms with van der Waals surface area (Å²) in [6.07, 6.45) is 4.86. The third-order valence-corrected chi connectivity index (χ3v) is 5.35. The molecule has 0 bridgehead atoms. The number of rotatable bonds is 4. The van der Waals surface area contributed by atoms with E-state index in [1.54, 1.807) is 18.2 Å². The molecule has 1 aliphatic rings. The van der Waals surface area contributed by atoms with Crippen LogP contribution in [0, 0.1) is 0 Å². The number of hydrogen-bond donors (Lipinski definition) is 4. The molecule has 0 heterocycles. The van der Waals surface area contributed by atoms with Gasteiger partial charge in [-0.25, -0.2) is 0 Å². The highest BCUT2D eigenvalue weighted by atomic mass is 16.3. The zero-order chi connectivity index (χ0) is 19.7. The summed E-state index contributed by atoms with van der Waals surface area (Å²) in [6, 6.07) is 16.5. The van der Waals surface area contributed by atoms with Crippen molar-refractivity contribution < 1.29 is 20.4 Å². The molecule has 4 N–H and O–H groups in total. The molecule has 0 fully saturated rings. The van der Waals surface area contributed by atoms with E-state index in [9.17, 15) is 20.4 Å². The van der Waals surface area contributed by atoms with Crippen LogP contribution in [-0.4, -0.2) is 20.4 Å². The van der Waals surface area contributed by atoms with Gasteiger partial charge < -0.3 is 20.4 Å². The van der Waals surface area contributed by atoms with E-state index in [1.807, 2.05) is 36.4 Å². The number of aryl methyl sites for hydroxylation is 2. The molecule has 0 saturated carbocycles. The Kier molecular flexibility index (Phi) is 4.70. The lowest BCUT2D eigenvalue weighted by atomic mass is 9.84. The maximum Gasteiger partial charge on any atom is 0.161 e. The molecule has 0 unspecified atom stereocenters. The number of hydrogen-bond acceptors (Lipinski definition) is 4. The Labute approximate surface area is 163 Å². The second-order valence-electron chi connectivity index (χ2n) is 7.15. The Bertz CT molecular complexity index is 1050. The molecule has 142 valence electrons. The number of fused-ring (bicyclic) bond motifs is 1. The molecule has 4 rings (SSSR count). The lowest BCUT2D eigenvalue weighted by Gasteiger charge is -2.22. The number of benzene rings is 3. The van der Waals surface area contributed by atoms with Crippen LogP contribution < -0.4 is 0 Å². The molecule has 4 nitrogen and oxygen atoms in total. The first-order valence-corrected chi connectivity index (χ1v) is 9.36. The van der Waals surface area contributed by atoms with Crippen molar-refractivity contribution in [2.75, 3.05) is 0 Å². The van der Waals surface area contributed by atoms with E-state index in [4.69, 9.17) is 0 Å². The molecule has 0 aromatic heterocycles. The minimum absolute atomic E-state index is 0.0688. The Hall–Kier alpha value is -3.40. The molecule has 0 radical (unpaired) electrons. The first-order valence-electron chi connectivity index (χ1n) is 9.36. The monoisotopic (exact) mass is 374 g/mol. The van der Waals surface area contributed by atoms with Crippen molar-refractivity contribution in [3.63, 3.8) is 0 Å². The summed E-state index contributed by atoms with van der Waals surface area (Å²) >= 11 is 0. The van der Waals surface area contributed by atoms with Gasteiger partial charge in [0.1, 0.15) is 0 Å². The highest BCUT2D eigenvalue weighted by molar-refractivity contribution is 5.87. The molecule has 0 amide bonds. The predicted molar refractivity (Wildman–Crippen MR) is 110 cm³/mol. The molecule has 0 atom stereocenters. The van der Waals surface area contributed by atoms with Crippen molar-refractivity contribution in [1.82, 2.24) is 0 Å². The number of allylic oxidation sites excluding steroid dienone is 1. The van der Waals surface area contributed by atoms with Crippen molar-refractivity contribution in [2.45, 2.75) is 25.7 Å². The summed E-state index contributed by atoms with van der Waals surface area (Å²) in [5, 5.41) is 40.1. The predicted octanol–water partition coefficient (Wildman–Crippen LogP) is 4.78. The van der Waals surface area contributed by atoms with E-state index >= 15 is 0 Å². The second kappa shape index (κ2) is 7.31. The van der Waals surface area contributed by atoms with Crippen LogP contribution in [-0.2, 0) is 19.3 Å². The minimum Gasteiger partial charge on any atom is -0.504 e. The Morgan fingerprint density at radius 2 is 1.50 bits per heavy atom. The van der Waals surface area contributed by atoms with Gasteiger partial charge in [-0.3, -0.25) is 0 Å². The number of phenolic OH excluding ortho intramolecular Hbond substituents is 4. The molecule has 0 saturated heterocycles. The molecule has 0 aliphatic heterocycles. The van der Waals surface area contributed by atoms with E-state index < -0.39 is 0 Å². The fraction of sp³-hybridized carbons (Fsp3) is 0.167. The van der Waals surface area contributed by atoms with Crippen molar-refractivity contribution in [3.05, 3.63) is 82.4 Å². The summed E-state index contributed by atoms with van der Waals surface area (Å²) in [7, 11) is 0. The fourth-order valence-corrected chi connectivity index (χ4v) is 3.81. The van der Waals surface area contributed by atoms with Crippen LogP contribution in [0.2, 0.25) is 0 Å². The van der Waals surface area contributed by atoms with Crippen molar-refractivity contribution >= 4 is 11.6 Å². The molecule has 3 aromatic carbocycles. The van der Waals surface area contributed by atoms with Crippen molar-refractivity contribution in [3.8, 4) is 23.0 Å². The first-order chi connectivity index (χ1) is 13.5. The number of phenols is 4. The SMILES string of the molecule is Oc1ccc(C2=Cc3c(cc(O)c(O)c3CCc3ccccc3)CC2)cc1O. The molecule has 28 heavy (non-hydrogen) atoms. The summed E-state index contributed by atoms with van der Waals surface area (Å²) in [5.41, 5.74) is 5.70. The van der Waals surface area contributed by atoms with Gasteiger partial charge in [0, 0.05) is 5.56 Å². The zero-order valence-corrected chi connectivity index (χ0v) is 15.4. The molecular weight excluding hydrogens is 352 g/mol. The molecule has 1 aliphatic carbocycles. The van der Waals surface area contributed by atoms with Crippen LogP contribution in [0.3, 0.4) is 0 Å². The van der Waals surface area contributed by atoms with Gasteiger partial charge in [0.15, 0.2) is 23.0 Å². The summed E-state index contributed by atoms with van der Waals surface area (Å²) in [5.74, 6) is -0.449. The maximum absolute atomic E-state index is 10.5. The van der Waals surface area contributed by atoms with Gasteiger partial charge in [-0.05, 0) is 71.7 Å². The highest BCUT2D eigenvalue weighted by Crippen LogP contribution is 2.41. The largest absolute Gasteiger partial charge is 0.504 e. The van der Waals surface area contributed by atoms with E-state index in [1.165, 1.54) is 11.6 Å². The van der Waals surface area contributed by atoms with Crippen molar-refractivity contribution in [2.24, 2.45) is 0 Å². The smallest absolute Gasteiger partial charge is 0.161 e. The van der Waals surface area contributed by atoms with Crippen LogP contribution in [0.25, 0.3) is 11.6 Å². The normalized spacial score (nSPS) is 13.1. The summed E-state index contributed by atoms with van der Waals surface area (Å²) in [6.45, 7) is 0. The van der Waals surface area contributed by atoms with Crippen LogP contribution in [0.4, 0.5) is 0 Å². The Balaban J connectivity index is 1.73. The van der Waals surface area contributed by atoms with Crippen LogP contribution in [0.5, 0.6) is 23.0 Å². The van der Waals surface area contributed by atoms with Gasteiger partial charge in [-0.2, -0.15) is 0 Å². The molecule has 0 spiro atoms. The summed E-state index contributed by atoms with van der Waals surface area (Å²) in [4.78, 5) is 0. The second-order valence-corrected chi connectivity index (χ2v) is 7.15. The average molecular weight is 374 g/mol. The van der Waals surface area contributed by atoms with Crippen LogP contribution >= 0.6 is 0 Å². The van der Waals surface area contributed by atoms with Crippen LogP contribution in [0.1, 0.15) is 34.2 Å². The van der Waals surface area contributed by atoms with Gasteiger partial charge in [0.25, 0.3) is 0 Å². The highest BCUT2D eigenvalue weighted by Gasteiger charge is 2.21. The van der Waals surface area contributed by atoms with Crippen molar-refractivity contribution in [1.29, 1.82) is 0 Å². The van der Waals surface area contributed by atoms with Gasteiger partial charge in [-0.1, -0.05) is 42.5 Å². The topological polar surface area (TPSA) is 80.9 Å². The molecule has 4 heteroatoms. The van der Waals surface area contributed by atoms with Gasteiger partial charge >= 0.3 is 0 Å². The zero-order valence-electron chi connectivity index (χ0n) is 15.4. The maximum atomic E-state index is 10.5. The Morgan fingerprint density at radius 3 is 2.25 bits per heavy atom. The third kappa shape index (κ3) is 3.41. The van der Waals surface area contributed by atoms with Gasteiger partial charge in [0.05, 0.1) is 0 Å². The van der Waals surface area contributed by atoms with E-state index in [0.717, 1.165) is 47.1 Å². The Morgan fingerprint density at radius 1 is 0.714 bits per heavy atom.